The van der Waals surface area contributed by atoms with Crippen LogP contribution in [-0.2, 0) is 45.1 Å². The number of esters is 1. The second kappa shape index (κ2) is 20.3. The summed E-state index contributed by atoms with van der Waals surface area (Å²) in [5.74, 6) is -2.07. The molecule has 4 saturated carbocycles. The fourth-order valence-electron chi connectivity index (χ4n) is 10.2. The lowest BCUT2D eigenvalue weighted by atomic mass is 9.96. The highest BCUT2D eigenvalue weighted by atomic mass is 32.2. The maximum atomic E-state index is 15.1. The third-order valence-electron chi connectivity index (χ3n) is 14.0. The summed E-state index contributed by atoms with van der Waals surface area (Å²) in [6.45, 7) is 4.35. The molecule has 4 amide bonds. The summed E-state index contributed by atoms with van der Waals surface area (Å²) < 4.78 is 52.9. The van der Waals surface area contributed by atoms with Crippen LogP contribution in [0.3, 0.4) is 0 Å². The van der Waals surface area contributed by atoms with Gasteiger partial charge in [-0.05, 0) is 109 Å². The fourth-order valence-corrected chi connectivity index (χ4v) is 11.5. The first kappa shape index (κ1) is 47.3. The predicted molar refractivity (Wildman–Crippen MR) is 244 cm³/mol. The number of nitrogens with zero attached hydrogens (tertiary/aromatic N) is 3. The van der Waals surface area contributed by atoms with Gasteiger partial charge in [-0.15, -0.1) is 6.58 Å². The van der Waals surface area contributed by atoms with E-state index >= 15 is 4.79 Å². The number of fused-ring (bicyclic) bond motifs is 5. The monoisotopic (exact) mass is 932 g/mol. The number of para-hydroxylation sites is 1. The van der Waals surface area contributed by atoms with Gasteiger partial charge >= 0.3 is 12.1 Å². The van der Waals surface area contributed by atoms with E-state index in [0.717, 1.165) is 50.3 Å². The number of amides is 4. The molecule has 5 fully saturated rings. The molecule has 2 aromatic rings. The summed E-state index contributed by atoms with van der Waals surface area (Å²) in [5.41, 5.74) is -0.314. The summed E-state index contributed by atoms with van der Waals surface area (Å²) in [6, 6.07) is 5.38. The standard InChI is InChI=1S/C48H64N6O11S/c1-4-32-27-48(32,46(58)52-66(60,61)34-22-23-34)51-43(56)38-26-33-28-54(38)45(57)41(31-15-8-9-16-31)50-47(59)65-39-21-12-17-30(39)14-6-5-7-19-36-42(63-25-13-24-62-40(55)29-53(2)3)35-18-10-11-20-37(35)49-44(36)64-33/h4-5,7,10-11,18,20,30-34,38-39,41H,1,6,8-9,12-17,19,21-29H2,2-3H3,(H,50,59)(H,51,56)(H,52,58)/b7-5+/t30-,32?,33-,38+,39-,41+,48-/m1/s1. The Hall–Kier alpha value is -5.23. The van der Waals surface area contributed by atoms with E-state index < -0.39 is 68.7 Å². The van der Waals surface area contributed by atoms with Crippen molar-refractivity contribution in [3.8, 4) is 11.6 Å². The number of sulfonamides is 1. The lowest BCUT2D eigenvalue weighted by Gasteiger charge is -2.32. The molecule has 1 aromatic heterocycles. The number of likely N-dealkylation sites (N-methyl/N-ethyl adjacent to an activating group) is 1. The molecule has 18 heteroatoms. The highest BCUT2D eigenvalue weighted by Gasteiger charge is 2.62. The van der Waals surface area contributed by atoms with Crippen molar-refractivity contribution in [2.75, 3.05) is 40.4 Å². The van der Waals surface area contributed by atoms with Crippen LogP contribution in [-0.4, -0.2) is 128 Å². The largest absolute Gasteiger partial charge is 0.492 e. The summed E-state index contributed by atoms with van der Waals surface area (Å²) >= 11 is 0. The molecular weight excluding hydrogens is 869 g/mol. The molecule has 1 unspecified atom stereocenters. The maximum absolute atomic E-state index is 15.1. The highest BCUT2D eigenvalue weighted by molar-refractivity contribution is 7.91. The maximum Gasteiger partial charge on any atom is 0.408 e. The SMILES string of the molecule is C=CC1C[C@]1(NC(=O)[C@@H]1C[C@@H]2CN1C(=O)[C@H](C1CCCC1)NC(=O)O[C@@H]1CCC[C@H]1CC/C=C/Cc1c(nc3ccccc3c1OCCCOC(=O)CN(C)C)O2)C(=O)NS(=O)(=O)C1CC1. The van der Waals surface area contributed by atoms with Crippen LogP contribution in [0.5, 0.6) is 11.6 Å². The molecule has 8 rings (SSSR count). The minimum absolute atomic E-state index is 0.00171. The van der Waals surface area contributed by atoms with Crippen molar-refractivity contribution in [3.05, 3.63) is 54.6 Å². The van der Waals surface area contributed by atoms with Gasteiger partial charge in [0.1, 0.15) is 35.6 Å². The average molecular weight is 933 g/mol. The lowest BCUT2D eigenvalue weighted by Crippen LogP contribution is -2.59. The summed E-state index contributed by atoms with van der Waals surface area (Å²) in [5, 5.41) is 5.92. The van der Waals surface area contributed by atoms with Crippen molar-refractivity contribution in [1.29, 1.82) is 0 Å². The zero-order valence-corrected chi connectivity index (χ0v) is 38.9. The van der Waals surface area contributed by atoms with Crippen LogP contribution in [0.4, 0.5) is 4.79 Å². The van der Waals surface area contributed by atoms with E-state index in [0.29, 0.717) is 55.4 Å². The third-order valence-corrected chi connectivity index (χ3v) is 15.8. The minimum Gasteiger partial charge on any atom is -0.492 e. The molecule has 358 valence electrons. The quantitative estimate of drug-likeness (QED) is 0.136. The van der Waals surface area contributed by atoms with Crippen LogP contribution in [0.15, 0.2) is 49.1 Å². The van der Waals surface area contributed by atoms with Crippen molar-refractivity contribution in [2.45, 2.75) is 131 Å². The van der Waals surface area contributed by atoms with Gasteiger partial charge in [0, 0.05) is 24.1 Å². The van der Waals surface area contributed by atoms with Crippen LogP contribution in [0.25, 0.3) is 10.9 Å². The molecule has 2 aliphatic heterocycles. The van der Waals surface area contributed by atoms with Crippen LogP contribution in [0, 0.1) is 17.8 Å². The van der Waals surface area contributed by atoms with Crippen LogP contribution in [0.1, 0.15) is 95.5 Å². The summed E-state index contributed by atoms with van der Waals surface area (Å²) in [4.78, 5) is 77.7. The molecule has 7 atom stereocenters. The zero-order chi connectivity index (χ0) is 46.6. The number of hydrogen-bond acceptors (Lipinski definition) is 13. The molecule has 3 heterocycles. The number of allylic oxidation sites excluding steroid dienone is 2. The lowest BCUT2D eigenvalue weighted by molar-refractivity contribution is -0.144. The first-order chi connectivity index (χ1) is 31.8. The van der Waals surface area contributed by atoms with Crippen molar-refractivity contribution in [3.63, 3.8) is 0 Å². The van der Waals surface area contributed by atoms with E-state index in [1.54, 1.807) is 19.0 Å². The van der Waals surface area contributed by atoms with E-state index in [4.69, 9.17) is 23.9 Å². The molecule has 0 radical (unpaired) electrons. The molecule has 6 aliphatic rings. The first-order valence-electron chi connectivity index (χ1n) is 23.7. The van der Waals surface area contributed by atoms with E-state index in [2.05, 4.69) is 28.0 Å². The number of rotatable bonds is 14. The predicted octanol–water partition coefficient (Wildman–Crippen LogP) is 4.47. The molecule has 66 heavy (non-hydrogen) atoms. The molecule has 1 saturated heterocycles. The Morgan fingerprint density at radius 2 is 1.77 bits per heavy atom. The second-order valence-electron chi connectivity index (χ2n) is 19.1. The van der Waals surface area contributed by atoms with Gasteiger partial charge in [-0.2, -0.15) is 0 Å². The van der Waals surface area contributed by atoms with Gasteiger partial charge < -0.3 is 34.5 Å². The average Bonchev–Trinajstić information content (AvgIpc) is 4.07. The van der Waals surface area contributed by atoms with Gasteiger partial charge in [-0.25, -0.2) is 18.2 Å². The smallest absolute Gasteiger partial charge is 0.408 e. The molecule has 4 aliphatic carbocycles. The van der Waals surface area contributed by atoms with Gasteiger partial charge in [0.15, 0.2) is 0 Å². The van der Waals surface area contributed by atoms with E-state index in [9.17, 15) is 27.6 Å². The summed E-state index contributed by atoms with van der Waals surface area (Å²) in [6.07, 6.45) is 13.0. The van der Waals surface area contributed by atoms with Gasteiger partial charge in [0.2, 0.25) is 27.7 Å². The van der Waals surface area contributed by atoms with Crippen molar-refractivity contribution < 1.29 is 51.3 Å². The Balaban J connectivity index is 1.13. The van der Waals surface area contributed by atoms with Crippen LogP contribution < -0.4 is 24.8 Å². The molecule has 1 aromatic carbocycles. The Morgan fingerprint density at radius 3 is 2.52 bits per heavy atom. The summed E-state index contributed by atoms with van der Waals surface area (Å²) in [7, 11) is -0.345. The topological polar surface area (TPSA) is 212 Å². The van der Waals surface area contributed by atoms with Gasteiger partial charge in [-0.3, -0.25) is 28.8 Å². The Morgan fingerprint density at radius 1 is 1.00 bits per heavy atom. The fraction of sp³-hybridized carbons (Fsp3) is 0.625. The molecular formula is C48H64N6O11S. The first-order valence-corrected chi connectivity index (χ1v) is 25.3. The number of pyridine rings is 1. The van der Waals surface area contributed by atoms with E-state index in [1.165, 1.54) is 11.0 Å². The number of nitrogens with one attached hydrogen (secondary N) is 3. The van der Waals surface area contributed by atoms with Crippen LogP contribution >= 0.6 is 0 Å². The number of carbonyl (C=O) groups excluding carboxylic acids is 5. The Kier molecular flexibility index (Phi) is 14.6. The van der Waals surface area contributed by atoms with Crippen LogP contribution in [0.2, 0.25) is 0 Å². The van der Waals surface area contributed by atoms with Gasteiger partial charge in [0.05, 0.1) is 42.6 Å². The number of benzene rings is 1. The molecule has 0 spiro atoms. The Labute approximate surface area is 386 Å². The Bertz CT molecular complexity index is 2310. The number of ether oxygens (including phenoxy) is 4. The number of alkyl carbamates (subject to hydrolysis) is 1. The molecule has 2 bridgehead atoms. The van der Waals surface area contributed by atoms with Crippen molar-refractivity contribution in [2.24, 2.45) is 17.8 Å². The third kappa shape index (κ3) is 10.8. The zero-order valence-electron chi connectivity index (χ0n) is 38.0. The van der Waals surface area contributed by atoms with E-state index in [1.807, 2.05) is 30.3 Å². The molecule has 17 nitrogen and oxygen atoms in total. The minimum atomic E-state index is -3.94. The van der Waals surface area contributed by atoms with Crippen molar-refractivity contribution >= 4 is 50.7 Å². The molecule has 3 N–H and O–H groups in total. The number of aromatic nitrogens is 1. The van der Waals surface area contributed by atoms with E-state index in [-0.39, 0.29) is 68.9 Å². The number of hydrogen-bond donors (Lipinski definition) is 3. The van der Waals surface area contributed by atoms with Crippen molar-refractivity contribution in [1.82, 2.24) is 30.1 Å². The van der Waals surface area contributed by atoms with Gasteiger partial charge in [-0.1, -0.05) is 43.2 Å². The number of carbonyl (C=O) groups is 5. The highest BCUT2D eigenvalue weighted by Crippen LogP contribution is 2.46. The van der Waals surface area contributed by atoms with Gasteiger partial charge in [0.25, 0.3) is 5.91 Å². The second-order valence-corrected chi connectivity index (χ2v) is 21.1. The normalized spacial score (nSPS) is 28.7.